The summed E-state index contributed by atoms with van der Waals surface area (Å²) in [6.07, 6.45) is -0.191. The van der Waals surface area contributed by atoms with Gasteiger partial charge in [0.15, 0.2) is 18.2 Å². The number of benzene rings is 2. The Hall–Kier alpha value is -3.50. The van der Waals surface area contributed by atoms with Gasteiger partial charge in [0.25, 0.3) is 0 Å². The molecule has 0 aliphatic rings. The number of hydrogen-bond donors (Lipinski definition) is 1. The van der Waals surface area contributed by atoms with E-state index >= 15 is 0 Å². The number of halogens is 1. The van der Waals surface area contributed by atoms with Crippen molar-refractivity contribution in [2.45, 2.75) is 25.2 Å². The van der Waals surface area contributed by atoms with Crippen molar-refractivity contribution in [3.63, 3.8) is 0 Å². The summed E-state index contributed by atoms with van der Waals surface area (Å²) in [4.78, 5) is 24.8. The number of carbonyl (C=O) groups is 2. The van der Waals surface area contributed by atoms with E-state index in [1.807, 2.05) is 0 Å². The number of ether oxygens (including phenoxy) is 2. The van der Waals surface area contributed by atoms with Crippen molar-refractivity contribution in [3.05, 3.63) is 76.9 Å². The van der Waals surface area contributed by atoms with Crippen LogP contribution in [-0.4, -0.2) is 38.5 Å². The molecule has 0 spiro atoms. The van der Waals surface area contributed by atoms with Crippen LogP contribution in [0, 0.1) is 19.7 Å². The molecule has 0 saturated carbocycles. The molecule has 0 radical (unpaired) electrons. The minimum Gasteiger partial charge on any atom is -0.494 e. The summed E-state index contributed by atoms with van der Waals surface area (Å²) in [5.74, 6) is -1.59. The summed E-state index contributed by atoms with van der Waals surface area (Å²) in [7, 11) is -2.47. The third-order valence-corrected chi connectivity index (χ3v) is 6.01. The number of Topliss-reactive ketones (excluding diaryl/α,β-unsaturated/α-hetero) is 1. The Morgan fingerprint density at radius 2 is 1.73 bits per heavy atom. The number of nitrogens with two attached hydrogens (primary N) is 1. The monoisotopic (exact) mass is 474 g/mol. The summed E-state index contributed by atoms with van der Waals surface area (Å²) in [6, 6.07) is 11.7. The second-order valence-electron chi connectivity index (χ2n) is 7.39. The SMILES string of the molecule is COc1ccc(CC(=O)OCC(=O)c2cc(C)n(-c3ccc(S(N)(=O)=O)cc3)c2C)cc1F. The number of aryl methyl sites for hydroxylation is 1. The Labute approximate surface area is 190 Å². The molecule has 2 N–H and O–H groups in total. The van der Waals surface area contributed by atoms with E-state index < -0.39 is 34.2 Å². The molecular weight excluding hydrogens is 451 g/mol. The van der Waals surface area contributed by atoms with E-state index in [4.69, 9.17) is 14.6 Å². The van der Waals surface area contributed by atoms with Crippen molar-refractivity contribution in [1.82, 2.24) is 4.57 Å². The molecule has 1 aromatic heterocycles. The van der Waals surface area contributed by atoms with Crippen molar-refractivity contribution in [3.8, 4) is 11.4 Å². The molecule has 0 bridgehead atoms. The van der Waals surface area contributed by atoms with E-state index in [0.717, 1.165) is 5.69 Å². The van der Waals surface area contributed by atoms with Crippen molar-refractivity contribution in [1.29, 1.82) is 0 Å². The van der Waals surface area contributed by atoms with E-state index in [1.54, 1.807) is 42.7 Å². The average molecular weight is 475 g/mol. The first-order valence-corrected chi connectivity index (χ1v) is 11.4. The predicted octanol–water partition coefficient (Wildman–Crippen LogP) is 2.86. The molecule has 0 aliphatic heterocycles. The zero-order valence-corrected chi connectivity index (χ0v) is 19.1. The van der Waals surface area contributed by atoms with Gasteiger partial charge in [-0.1, -0.05) is 6.07 Å². The second-order valence-corrected chi connectivity index (χ2v) is 8.95. The highest BCUT2D eigenvalue weighted by Crippen LogP contribution is 2.23. The third kappa shape index (κ3) is 5.47. The van der Waals surface area contributed by atoms with Crippen LogP contribution in [0.15, 0.2) is 53.4 Å². The van der Waals surface area contributed by atoms with Crippen LogP contribution in [0.25, 0.3) is 5.69 Å². The highest BCUT2D eigenvalue weighted by atomic mass is 32.2. The number of esters is 1. The molecule has 174 valence electrons. The number of primary sulfonamides is 1. The number of carbonyl (C=O) groups excluding carboxylic acids is 2. The quantitative estimate of drug-likeness (QED) is 0.396. The Morgan fingerprint density at radius 1 is 1.06 bits per heavy atom. The lowest BCUT2D eigenvalue weighted by Gasteiger charge is -2.11. The van der Waals surface area contributed by atoms with Gasteiger partial charge in [0, 0.05) is 22.6 Å². The first-order valence-electron chi connectivity index (χ1n) is 9.84. The summed E-state index contributed by atoms with van der Waals surface area (Å²) >= 11 is 0. The number of nitrogens with zero attached hydrogens (tertiary/aromatic N) is 1. The lowest BCUT2D eigenvalue weighted by Crippen LogP contribution is -2.16. The third-order valence-electron chi connectivity index (χ3n) is 5.08. The van der Waals surface area contributed by atoms with E-state index in [0.29, 0.717) is 22.5 Å². The maximum absolute atomic E-state index is 13.8. The summed E-state index contributed by atoms with van der Waals surface area (Å²) < 4.78 is 48.4. The Bertz CT molecular complexity index is 1310. The summed E-state index contributed by atoms with van der Waals surface area (Å²) in [6.45, 7) is 3.06. The predicted molar refractivity (Wildman–Crippen MR) is 119 cm³/mol. The Kier molecular flexibility index (Phi) is 6.99. The normalized spacial score (nSPS) is 11.3. The molecule has 0 fully saturated rings. The van der Waals surface area contributed by atoms with Gasteiger partial charge in [-0.25, -0.2) is 17.9 Å². The van der Waals surface area contributed by atoms with Gasteiger partial charge in [-0.15, -0.1) is 0 Å². The smallest absolute Gasteiger partial charge is 0.310 e. The zero-order valence-electron chi connectivity index (χ0n) is 18.3. The highest BCUT2D eigenvalue weighted by molar-refractivity contribution is 7.89. The van der Waals surface area contributed by atoms with E-state index in [9.17, 15) is 22.4 Å². The number of ketones is 1. The van der Waals surface area contributed by atoms with Gasteiger partial charge in [0.1, 0.15) is 0 Å². The van der Waals surface area contributed by atoms with Gasteiger partial charge in [0.05, 0.1) is 18.4 Å². The number of sulfonamides is 1. The molecule has 1 heterocycles. The van der Waals surface area contributed by atoms with Crippen LogP contribution in [-0.2, 0) is 26.0 Å². The molecule has 0 unspecified atom stereocenters. The molecule has 0 aliphatic carbocycles. The van der Waals surface area contributed by atoms with Crippen LogP contribution in [0.4, 0.5) is 4.39 Å². The van der Waals surface area contributed by atoms with Gasteiger partial charge in [-0.2, -0.15) is 0 Å². The van der Waals surface area contributed by atoms with Crippen LogP contribution in [0.3, 0.4) is 0 Å². The molecule has 33 heavy (non-hydrogen) atoms. The van der Waals surface area contributed by atoms with Crippen LogP contribution in [0.5, 0.6) is 5.75 Å². The number of methoxy groups -OCH3 is 1. The number of aromatic nitrogens is 1. The fourth-order valence-electron chi connectivity index (χ4n) is 3.49. The van der Waals surface area contributed by atoms with Crippen LogP contribution < -0.4 is 9.88 Å². The minimum atomic E-state index is -3.81. The van der Waals surface area contributed by atoms with Gasteiger partial charge in [-0.3, -0.25) is 9.59 Å². The topological polar surface area (TPSA) is 118 Å². The minimum absolute atomic E-state index is 0.0198. The van der Waals surface area contributed by atoms with Crippen LogP contribution in [0.2, 0.25) is 0 Å². The lowest BCUT2D eigenvalue weighted by atomic mass is 10.1. The van der Waals surface area contributed by atoms with Crippen LogP contribution in [0.1, 0.15) is 27.3 Å². The van der Waals surface area contributed by atoms with E-state index in [1.165, 1.54) is 31.4 Å². The maximum Gasteiger partial charge on any atom is 0.310 e. The summed E-state index contributed by atoms with van der Waals surface area (Å²) in [5.41, 5.74) is 2.75. The molecule has 3 aromatic rings. The second kappa shape index (κ2) is 9.55. The van der Waals surface area contributed by atoms with Gasteiger partial charge in [0.2, 0.25) is 15.8 Å². The average Bonchev–Trinajstić information content (AvgIpc) is 3.05. The standard InChI is InChI=1S/C23H23FN2O6S/c1-14-10-19(15(2)26(14)17-5-7-18(8-6-17)33(25,29)30)21(27)13-32-23(28)12-16-4-9-22(31-3)20(24)11-16/h4-11H,12-13H2,1-3H3,(H2,25,29,30). The van der Waals surface area contributed by atoms with Crippen molar-refractivity contribution in [2.75, 3.05) is 13.7 Å². The zero-order chi connectivity index (χ0) is 24.3. The summed E-state index contributed by atoms with van der Waals surface area (Å²) in [5, 5.41) is 5.13. The molecule has 0 amide bonds. The number of hydrogen-bond acceptors (Lipinski definition) is 6. The Morgan fingerprint density at radius 3 is 2.30 bits per heavy atom. The number of rotatable bonds is 8. The van der Waals surface area contributed by atoms with Crippen molar-refractivity contribution < 1.29 is 31.9 Å². The van der Waals surface area contributed by atoms with Crippen molar-refractivity contribution >= 4 is 21.8 Å². The molecule has 8 nitrogen and oxygen atoms in total. The molecule has 10 heteroatoms. The van der Waals surface area contributed by atoms with Gasteiger partial charge in [-0.05, 0) is 61.9 Å². The molecular formula is C23H23FN2O6S. The molecule has 0 saturated heterocycles. The largest absolute Gasteiger partial charge is 0.494 e. The highest BCUT2D eigenvalue weighted by Gasteiger charge is 2.19. The first kappa shape index (κ1) is 24.1. The van der Waals surface area contributed by atoms with Crippen LogP contribution >= 0.6 is 0 Å². The maximum atomic E-state index is 13.8. The first-order chi connectivity index (χ1) is 15.5. The lowest BCUT2D eigenvalue weighted by molar-refractivity contribution is -0.141. The Balaban J connectivity index is 1.69. The van der Waals surface area contributed by atoms with Crippen molar-refractivity contribution in [2.24, 2.45) is 5.14 Å². The van der Waals surface area contributed by atoms with Gasteiger partial charge >= 0.3 is 5.97 Å². The fourth-order valence-corrected chi connectivity index (χ4v) is 4.00. The molecule has 2 aromatic carbocycles. The molecule has 3 rings (SSSR count). The molecule has 0 atom stereocenters. The van der Waals surface area contributed by atoms with E-state index in [2.05, 4.69) is 0 Å². The van der Waals surface area contributed by atoms with E-state index in [-0.39, 0.29) is 17.1 Å². The fraction of sp³-hybridized carbons (Fsp3) is 0.217. The van der Waals surface area contributed by atoms with Gasteiger partial charge < -0.3 is 14.0 Å².